The fraction of sp³-hybridized carbons (Fsp3) is 0.700. The van der Waals surface area contributed by atoms with Crippen LogP contribution in [0.2, 0.25) is 0 Å². The fourth-order valence-electron chi connectivity index (χ4n) is 3.51. The molecule has 1 atom stereocenters. The van der Waals surface area contributed by atoms with E-state index in [4.69, 9.17) is 4.74 Å². The van der Waals surface area contributed by atoms with Gasteiger partial charge in [-0.15, -0.1) is 11.3 Å². The second-order valence-corrected chi connectivity index (χ2v) is 7.96. The van der Waals surface area contributed by atoms with Crippen LogP contribution in [0.25, 0.3) is 0 Å². The van der Waals surface area contributed by atoms with Gasteiger partial charge in [-0.1, -0.05) is 39.5 Å². The van der Waals surface area contributed by atoms with Gasteiger partial charge in [-0.2, -0.15) is 0 Å². The van der Waals surface area contributed by atoms with Crippen molar-refractivity contribution in [2.45, 2.75) is 78.1 Å². The van der Waals surface area contributed by atoms with Gasteiger partial charge >= 0.3 is 5.97 Å². The summed E-state index contributed by atoms with van der Waals surface area (Å²) >= 11 is 1.58. The highest BCUT2D eigenvalue weighted by molar-refractivity contribution is 7.17. The van der Waals surface area contributed by atoms with Crippen molar-refractivity contribution in [1.29, 1.82) is 0 Å². The average Bonchev–Trinajstić information content (AvgIpc) is 2.91. The molecule has 0 bridgehead atoms. The molecule has 0 aromatic carbocycles. The SMILES string of the molecule is CCCCC(CC)C(=O)Nc1sc2c(c1C(=O)OC)CCCCCC2. The fourth-order valence-corrected chi connectivity index (χ4v) is 4.79. The van der Waals surface area contributed by atoms with Crippen LogP contribution in [0.3, 0.4) is 0 Å². The topological polar surface area (TPSA) is 55.4 Å². The second-order valence-electron chi connectivity index (χ2n) is 6.85. The normalized spacial score (nSPS) is 15.6. The van der Waals surface area contributed by atoms with Crippen molar-refractivity contribution in [1.82, 2.24) is 0 Å². The number of fused-ring (bicyclic) bond motifs is 1. The van der Waals surface area contributed by atoms with Gasteiger partial charge in [-0.3, -0.25) is 4.79 Å². The van der Waals surface area contributed by atoms with Crippen LogP contribution >= 0.6 is 11.3 Å². The number of unbranched alkanes of at least 4 members (excludes halogenated alkanes) is 1. The van der Waals surface area contributed by atoms with Gasteiger partial charge in [0.15, 0.2) is 0 Å². The van der Waals surface area contributed by atoms with Crippen molar-refractivity contribution >= 4 is 28.2 Å². The van der Waals surface area contributed by atoms with E-state index >= 15 is 0 Å². The molecule has 1 unspecified atom stereocenters. The number of hydrogen-bond donors (Lipinski definition) is 1. The number of anilines is 1. The van der Waals surface area contributed by atoms with Crippen LogP contribution in [0.5, 0.6) is 0 Å². The molecule has 0 fully saturated rings. The molecule has 0 saturated heterocycles. The van der Waals surface area contributed by atoms with E-state index in [1.54, 1.807) is 11.3 Å². The summed E-state index contributed by atoms with van der Waals surface area (Å²) in [6, 6.07) is 0. The Morgan fingerprint density at radius 1 is 1.16 bits per heavy atom. The minimum atomic E-state index is -0.324. The van der Waals surface area contributed by atoms with Crippen molar-refractivity contribution in [2.24, 2.45) is 5.92 Å². The summed E-state index contributed by atoms with van der Waals surface area (Å²) in [5, 5.41) is 3.76. The van der Waals surface area contributed by atoms with Gasteiger partial charge in [-0.25, -0.2) is 4.79 Å². The Balaban J connectivity index is 2.27. The van der Waals surface area contributed by atoms with E-state index in [0.29, 0.717) is 10.6 Å². The van der Waals surface area contributed by atoms with Gasteiger partial charge in [0.2, 0.25) is 5.91 Å². The summed E-state index contributed by atoms with van der Waals surface area (Å²) < 4.78 is 5.02. The minimum Gasteiger partial charge on any atom is -0.465 e. The molecule has 4 nitrogen and oxygen atoms in total. The van der Waals surface area contributed by atoms with E-state index in [1.165, 1.54) is 24.8 Å². The summed E-state index contributed by atoms with van der Waals surface area (Å²) in [5.41, 5.74) is 1.71. The molecule has 0 spiro atoms. The maximum atomic E-state index is 12.7. The van der Waals surface area contributed by atoms with Crippen LogP contribution in [0.1, 0.15) is 86.0 Å². The maximum absolute atomic E-state index is 12.7. The Hall–Kier alpha value is -1.36. The van der Waals surface area contributed by atoms with Crippen LogP contribution in [0.4, 0.5) is 5.00 Å². The molecule has 2 rings (SSSR count). The van der Waals surface area contributed by atoms with Crippen molar-refractivity contribution in [3.8, 4) is 0 Å². The third-order valence-electron chi connectivity index (χ3n) is 5.07. The largest absolute Gasteiger partial charge is 0.465 e. The van der Waals surface area contributed by atoms with E-state index in [2.05, 4.69) is 19.2 Å². The molecule has 1 aromatic rings. The molecular formula is C20H31NO3S. The predicted molar refractivity (Wildman–Crippen MR) is 103 cm³/mol. The number of amides is 1. The number of hydrogen-bond acceptors (Lipinski definition) is 4. The number of methoxy groups -OCH3 is 1. The van der Waals surface area contributed by atoms with Gasteiger partial charge in [-0.05, 0) is 44.1 Å². The van der Waals surface area contributed by atoms with Gasteiger partial charge in [0.05, 0.1) is 12.7 Å². The first-order valence-corrected chi connectivity index (χ1v) is 10.5. The first kappa shape index (κ1) is 20.0. The zero-order valence-electron chi connectivity index (χ0n) is 15.8. The Labute approximate surface area is 155 Å². The van der Waals surface area contributed by atoms with Crippen molar-refractivity contribution in [2.75, 3.05) is 12.4 Å². The minimum absolute atomic E-state index is 0.00938. The third-order valence-corrected chi connectivity index (χ3v) is 6.27. The summed E-state index contributed by atoms with van der Waals surface area (Å²) in [5.74, 6) is -0.277. The molecular weight excluding hydrogens is 334 g/mol. The van der Waals surface area contributed by atoms with Crippen LogP contribution in [-0.4, -0.2) is 19.0 Å². The molecule has 1 aliphatic rings. The Kier molecular flexibility index (Phi) is 7.94. The summed E-state index contributed by atoms with van der Waals surface area (Å²) in [6.45, 7) is 4.19. The third kappa shape index (κ3) is 5.06. The molecule has 0 saturated carbocycles. The standard InChI is InChI=1S/C20H31NO3S/c1-4-6-11-14(5-2)18(22)21-19-17(20(23)24-3)15-12-9-7-8-10-13-16(15)25-19/h14H,4-13H2,1-3H3,(H,21,22). The Morgan fingerprint density at radius 2 is 1.88 bits per heavy atom. The summed E-state index contributed by atoms with van der Waals surface area (Å²) in [7, 11) is 1.41. The van der Waals surface area contributed by atoms with Gasteiger partial charge in [0.25, 0.3) is 0 Å². The van der Waals surface area contributed by atoms with E-state index in [9.17, 15) is 9.59 Å². The lowest BCUT2D eigenvalue weighted by Crippen LogP contribution is -2.23. The molecule has 25 heavy (non-hydrogen) atoms. The van der Waals surface area contributed by atoms with E-state index in [1.807, 2.05) is 0 Å². The summed E-state index contributed by atoms with van der Waals surface area (Å²) in [4.78, 5) is 26.3. The van der Waals surface area contributed by atoms with E-state index in [-0.39, 0.29) is 17.8 Å². The molecule has 0 radical (unpaired) electrons. The van der Waals surface area contributed by atoms with Gasteiger partial charge in [0.1, 0.15) is 5.00 Å². The molecule has 1 amide bonds. The van der Waals surface area contributed by atoms with Crippen molar-refractivity contribution in [3.63, 3.8) is 0 Å². The lowest BCUT2D eigenvalue weighted by atomic mass is 9.96. The zero-order valence-corrected chi connectivity index (χ0v) is 16.6. The Bertz CT molecular complexity index is 594. The number of rotatable bonds is 7. The zero-order chi connectivity index (χ0) is 18.2. The molecule has 1 aromatic heterocycles. The molecule has 5 heteroatoms. The number of carbonyl (C=O) groups excluding carboxylic acids is 2. The first-order chi connectivity index (χ1) is 12.1. The monoisotopic (exact) mass is 365 g/mol. The highest BCUT2D eigenvalue weighted by Gasteiger charge is 2.27. The number of esters is 1. The highest BCUT2D eigenvalue weighted by atomic mass is 32.1. The Morgan fingerprint density at radius 3 is 2.52 bits per heavy atom. The number of aryl methyl sites for hydroxylation is 1. The number of thiophene rings is 1. The summed E-state index contributed by atoms with van der Waals surface area (Å²) in [6.07, 6.45) is 10.4. The lowest BCUT2D eigenvalue weighted by molar-refractivity contribution is -0.120. The average molecular weight is 366 g/mol. The van der Waals surface area contributed by atoms with Crippen molar-refractivity contribution < 1.29 is 14.3 Å². The predicted octanol–water partition coefficient (Wildman–Crippen LogP) is 5.35. The molecule has 1 aliphatic carbocycles. The van der Waals surface area contributed by atoms with E-state index < -0.39 is 0 Å². The number of nitrogens with one attached hydrogen (secondary N) is 1. The molecule has 1 N–H and O–H groups in total. The van der Waals surface area contributed by atoms with Gasteiger partial charge < -0.3 is 10.1 Å². The van der Waals surface area contributed by atoms with Crippen molar-refractivity contribution in [3.05, 3.63) is 16.0 Å². The maximum Gasteiger partial charge on any atom is 0.341 e. The van der Waals surface area contributed by atoms with Crippen LogP contribution < -0.4 is 5.32 Å². The number of carbonyl (C=O) groups is 2. The van der Waals surface area contributed by atoms with Crippen LogP contribution in [-0.2, 0) is 22.4 Å². The molecule has 1 heterocycles. The van der Waals surface area contributed by atoms with Crippen LogP contribution in [0, 0.1) is 5.92 Å². The second kappa shape index (κ2) is 9.95. The van der Waals surface area contributed by atoms with Gasteiger partial charge in [0, 0.05) is 10.8 Å². The van der Waals surface area contributed by atoms with E-state index in [0.717, 1.165) is 56.9 Å². The molecule has 0 aliphatic heterocycles. The quantitative estimate of drug-likeness (QED) is 0.663. The smallest absolute Gasteiger partial charge is 0.341 e. The highest BCUT2D eigenvalue weighted by Crippen LogP contribution is 2.38. The lowest BCUT2D eigenvalue weighted by Gasteiger charge is -2.14. The number of ether oxygens (including phenoxy) is 1. The first-order valence-electron chi connectivity index (χ1n) is 9.66. The van der Waals surface area contributed by atoms with Crippen LogP contribution in [0.15, 0.2) is 0 Å². The molecule has 140 valence electrons.